The first-order valence-corrected chi connectivity index (χ1v) is 14.2. The first-order chi connectivity index (χ1) is 18.0. The van der Waals surface area contributed by atoms with Crippen LogP contribution < -0.4 is 16.0 Å². The molecule has 0 fully saturated rings. The molecule has 1 atom stereocenters. The minimum absolute atomic E-state index is 0.0889. The van der Waals surface area contributed by atoms with E-state index in [9.17, 15) is 13.2 Å². The van der Waals surface area contributed by atoms with Gasteiger partial charge in [0, 0.05) is 50.2 Å². The Morgan fingerprint density at radius 3 is 2.53 bits per heavy atom. The van der Waals surface area contributed by atoms with Crippen molar-refractivity contribution in [2.45, 2.75) is 36.7 Å². The summed E-state index contributed by atoms with van der Waals surface area (Å²) in [5.74, 6) is -0.0889. The molecule has 0 saturated heterocycles. The van der Waals surface area contributed by atoms with Crippen LogP contribution in [0.5, 0.6) is 0 Å². The number of hydrogen-bond acceptors (Lipinski definition) is 6. The van der Waals surface area contributed by atoms with Gasteiger partial charge in [0.2, 0.25) is 0 Å². The second kappa shape index (κ2) is 13.1. The van der Waals surface area contributed by atoms with E-state index < -0.39 is 21.9 Å². The van der Waals surface area contributed by atoms with E-state index in [1.807, 2.05) is 30.1 Å². The van der Waals surface area contributed by atoms with Gasteiger partial charge in [-0.1, -0.05) is 43.0 Å². The fourth-order valence-corrected chi connectivity index (χ4v) is 5.58. The fourth-order valence-electron chi connectivity index (χ4n) is 4.03. The fraction of sp³-hybridized carbons (Fsp3) is 0.321. The number of carbonyl (C=O) groups excluding carboxylic acids is 1. The summed E-state index contributed by atoms with van der Waals surface area (Å²) >= 11 is 6.20. The Morgan fingerprint density at radius 1 is 1.18 bits per heavy atom. The van der Waals surface area contributed by atoms with Crippen LogP contribution in [0.3, 0.4) is 0 Å². The van der Waals surface area contributed by atoms with E-state index in [-0.39, 0.29) is 15.7 Å². The van der Waals surface area contributed by atoms with E-state index in [4.69, 9.17) is 16.3 Å². The van der Waals surface area contributed by atoms with Gasteiger partial charge in [0.15, 0.2) is 9.84 Å². The lowest BCUT2D eigenvalue weighted by atomic mass is 10.1. The Morgan fingerprint density at radius 2 is 1.87 bits per heavy atom. The van der Waals surface area contributed by atoms with Crippen molar-refractivity contribution in [2.75, 3.05) is 32.6 Å². The van der Waals surface area contributed by atoms with Crippen LogP contribution in [0, 0.1) is 0 Å². The number of amides is 2. The third-order valence-electron chi connectivity index (χ3n) is 6.30. The summed E-state index contributed by atoms with van der Waals surface area (Å²) < 4.78 is 31.0. The van der Waals surface area contributed by atoms with Crippen molar-refractivity contribution in [2.24, 2.45) is 0 Å². The highest BCUT2D eigenvalue weighted by Gasteiger charge is 2.19. The molecule has 8 nitrogen and oxygen atoms in total. The molecule has 2 aromatic carbocycles. The van der Waals surface area contributed by atoms with Crippen molar-refractivity contribution in [1.82, 2.24) is 15.5 Å². The lowest BCUT2D eigenvalue weighted by Gasteiger charge is -2.22. The van der Waals surface area contributed by atoms with Crippen molar-refractivity contribution in [3.05, 3.63) is 94.7 Å². The molecule has 1 heterocycles. The number of urea groups is 1. The van der Waals surface area contributed by atoms with Gasteiger partial charge in [-0.2, -0.15) is 0 Å². The predicted molar refractivity (Wildman–Crippen MR) is 153 cm³/mol. The molecule has 1 aliphatic heterocycles. The maximum absolute atomic E-state index is 13.0. The van der Waals surface area contributed by atoms with E-state index in [0.29, 0.717) is 30.1 Å². The lowest BCUT2D eigenvalue weighted by molar-refractivity contribution is 0.175. The first kappa shape index (κ1) is 29.4. The van der Waals surface area contributed by atoms with Crippen LogP contribution in [0.15, 0.2) is 82.9 Å². The SMILES string of the molecule is C=C(Cl)/C(=C\C(=C)N(C)CCOC)C(C)NC(=O)Nc1ccc(S(=O)(=O)Cc2ccc3c(c2)CNC3)cc1. The molecule has 38 heavy (non-hydrogen) atoms. The largest absolute Gasteiger partial charge is 0.383 e. The Bertz CT molecular complexity index is 1320. The normalized spacial score (nSPS) is 13.9. The maximum atomic E-state index is 13.0. The zero-order valence-corrected chi connectivity index (χ0v) is 23.6. The summed E-state index contributed by atoms with van der Waals surface area (Å²) in [5.41, 5.74) is 4.85. The van der Waals surface area contributed by atoms with Gasteiger partial charge in [0.25, 0.3) is 0 Å². The maximum Gasteiger partial charge on any atom is 0.319 e. The molecule has 3 N–H and O–H groups in total. The summed E-state index contributed by atoms with van der Waals surface area (Å²) in [4.78, 5) is 14.7. The Labute approximate surface area is 230 Å². The first-order valence-electron chi connectivity index (χ1n) is 12.2. The molecule has 0 saturated carbocycles. The molecular weight excluding hydrogens is 524 g/mol. The monoisotopic (exact) mass is 558 g/mol. The number of sulfone groups is 1. The Kier molecular flexibility index (Phi) is 10.2. The number of carbonyl (C=O) groups is 1. The van der Waals surface area contributed by atoms with Crippen LogP contribution in [-0.4, -0.2) is 52.7 Å². The number of allylic oxidation sites excluding steroid dienone is 1. The van der Waals surface area contributed by atoms with E-state index in [1.165, 1.54) is 17.7 Å². The second-order valence-corrected chi connectivity index (χ2v) is 11.7. The molecule has 0 radical (unpaired) electrons. The summed E-state index contributed by atoms with van der Waals surface area (Å²) in [5, 5.41) is 9.10. The van der Waals surface area contributed by atoms with Crippen molar-refractivity contribution >= 4 is 33.2 Å². The van der Waals surface area contributed by atoms with Gasteiger partial charge in [0.1, 0.15) is 0 Å². The second-order valence-electron chi connectivity index (χ2n) is 9.22. The average molecular weight is 559 g/mol. The third-order valence-corrected chi connectivity index (χ3v) is 8.22. The third kappa shape index (κ3) is 7.94. The number of anilines is 1. The molecule has 3 rings (SSSR count). The van der Waals surface area contributed by atoms with Gasteiger partial charge in [-0.05, 0) is 59.5 Å². The summed E-state index contributed by atoms with van der Waals surface area (Å²) in [6.45, 7) is 12.4. The predicted octanol–water partition coefficient (Wildman–Crippen LogP) is 4.54. The van der Waals surface area contributed by atoms with Crippen LogP contribution in [0.1, 0.15) is 23.6 Å². The number of hydrogen-bond donors (Lipinski definition) is 3. The van der Waals surface area contributed by atoms with E-state index in [1.54, 1.807) is 32.2 Å². The number of nitrogens with one attached hydrogen (secondary N) is 3. The highest BCUT2D eigenvalue weighted by molar-refractivity contribution is 7.90. The highest BCUT2D eigenvalue weighted by atomic mass is 35.5. The number of rotatable bonds is 12. The minimum atomic E-state index is -3.54. The zero-order chi connectivity index (χ0) is 27.9. The minimum Gasteiger partial charge on any atom is -0.383 e. The number of halogens is 1. The topological polar surface area (TPSA) is 99.8 Å². The Balaban J connectivity index is 1.61. The number of benzene rings is 2. The van der Waals surface area contributed by atoms with Crippen LogP contribution in [0.4, 0.5) is 10.5 Å². The number of methoxy groups -OCH3 is 1. The number of ether oxygens (including phenoxy) is 1. The molecule has 204 valence electrons. The molecule has 2 amide bonds. The molecule has 0 spiro atoms. The molecule has 1 unspecified atom stereocenters. The summed E-state index contributed by atoms with van der Waals surface area (Å²) in [7, 11) is -0.0340. The van der Waals surface area contributed by atoms with E-state index in [2.05, 4.69) is 29.1 Å². The molecule has 10 heteroatoms. The van der Waals surface area contributed by atoms with Crippen molar-refractivity contribution in [3.63, 3.8) is 0 Å². The van der Waals surface area contributed by atoms with Crippen LogP contribution >= 0.6 is 11.6 Å². The number of likely N-dealkylation sites (N-methyl/N-ethyl adjacent to an activating group) is 1. The van der Waals surface area contributed by atoms with Gasteiger partial charge < -0.3 is 25.6 Å². The van der Waals surface area contributed by atoms with Crippen molar-refractivity contribution < 1.29 is 17.9 Å². The van der Waals surface area contributed by atoms with Crippen LogP contribution in [0.25, 0.3) is 0 Å². The van der Waals surface area contributed by atoms with Gasteiger partial charge in [-0.15, -0.1) is 0 Å². The zero-order valence-electron chi connectivity index (χ0n) is 22.0. The van der Waals surface area contributed by atoms with Crippen LogP contribution in [0.2, 0.25) is 0 Å². The molecule has 0 aromatic heterocycles. The van der Waals surface area contributed by atoms with E-state index in [0.717, 1.165) is 24.2 Å². The van der Waals surface area contributed by atoms with E-state index >= 15 is 0 Å². The Hall–Kier alpha value is -3.11. The van der Waals surface area contributed by atoms with Gasteiger partial charge in [-0.3, -0.25) is 0 Å². The molecule has 0 aliphatic carbocycles. The average Bonchev–Trinajstić information content (AvgIpc) is 3.33. The van der Waals surface area contributed by atoms with Gasteiger partial charge in [-0.25, -0.2) is 13.2 Å². The van der Waals surface area contributed by atoms with Gasteiger partial charge in [0.05, 0.1) is 23.3 Å². The smallest absolute Gasteiger partial charge is 0.319 e. The molecule has 0 bridgehead atoms. The quantitative estimate of drug-likeness (QED) is 0.331. The number of nitrogens with zero attached hydrogens (tertiary/aromatic N) is 1. The molecular formula is C28H35ClN4O4S. The highest BCUT2D eigenvalue weighted by Crippen LogP contribution is 2.23. The molecule has 2 aromatic rings. The lowest BCUT2D eigenvalue weighted by Crippen LogP contribution is -2.37. The van der Waals surface area contributed by atoms with Crippen molar-refractivity contribution in [3.8, 4) is 0 Å². The molecule has 1 aliphatic rings. The summed E-state index contributed by atoms with van der Waals surface area (Å²) in [6, 6.07) is 11.0. The number of fused-ring (bicyclic) bond motifs is 1. The standard InChI is InChI=1S/C28H35ClN4O4S/c1-19(33(4)12-13-37-5)14-27(20(2)29)21(3)31-28(34)32-25-8-10-26(11-9-25)38(35,36)18-22-6-7-23-16-30-17-24(23)15-22/h6-11,14-15,21,30H,1-2,12-13,16-18H2,3-5H3,(H2,31,32,34)/b27-14+. The van der Waals surface area contributed by atoms with Crippen molar-refractivity contribution in [1.29, 1.82) is 0 Å². The van der Waals surface area contributed by atoms with Gasteiger partial charge >= 0.3 is 6.03 Å². The summed E-state index contributed by atoms with van der Waals surface area (Å²) in [6.07, 6.45) is 1.77. The van der Waals surface area contributed by atoms with Crippen LogP contribution in [-0.2, 0) is 33.4 Å².